The maximum Gasteiger partial charge on any atom is 0.306 e. The Hall–Kier alpha value is -2.36. The second-order valence-corrected chi connectivity index (χ2v) is 17.5. The molecule has 0 radical (unpaired) electrons. The van der Waals surface area contributed by atoms with Crippen molar-refractivity contribution in [3.05, 3.63) is 48.6 Å². The minimum absolute atomic E-state index is 0.0483. The average Bonchev–Trinajstić information content (AvgIpc) is 3.15. The van der Waals surface area contributed by atoms with Gasteiger partial charge in [-0.2, -0.15) is 0 Å². The highest BCUT2D eigenvalue weighted by Gasteiger charge is 2.21. The van der Waals surface area contributed by atoms with Crippen molar-refractivity contribution in [3.8, 4) is 0 Å². The maximum atomic E-state index is 12.7. The molecule has 0 aromatic heterocycles. The van der Waals surface area contributed by atoms with Gasteiger partial charge in [-0.25, -0.2) is 0 Å². The van der Waals surface area contributed by atoms with Gasteiger partial charge < -0.3 is 27.9 Å². The SMILES string of the molecule is CCCCC/C=C\C/C=C\CCCCCCCCCC(=O)O[C@H](COC(=O)CCCCCCC/C=C\C=C\C(=O)CCCCC)COP(=O)([O-])OCC[N+](C)(C)C. The summed E-state index contributed by atoms with van der Waals surface area (Å²) in [5.41, 5.74) is 0. The van der Waals surface area contributed by atoms with Crippen LogP contribution in [0.15, 0.2) is 48.6 Å². The summed E-state index contributed by atoms with van der Waals surface area (Å²) < 4.78 is 33.8. The van der Waals surface area contributed by atoms with E-state index in [9.17, 15) is 23.8 Å². The fourth-order valence-electron chi connectivity index (χ4n) is 5.72. The van der Waals surface area contributed by atoms with Crippen molar-refractivity contribution in [2.75, 3.05) is 47.5 Å². The van der Waals surface area contributed by atoms with Crippen LogP contribution in [-0.4, -0.2) is 75.8 Å². The second kappa shape index (κ2) is 37.9. The fraction of sp³-hybridized carbons (Fsp3) is 0.761. The summed E-state index contributed by atoms with van der Waals surface area (Å²) in [6, 6.07) is 0. The number of nitrogens with zero attached hydrogens (tertiary/aromatic N) is 1. The lowest BCUT2D eigenvalue weighted by Crippen LogP contribution is -2.37. The third-order valence-electron chi connectivity index (χ3n) is 9.30. The molecule has 0 aromatic carbocycles. The molecule has 0 N–H and O–H groups in total. The van der Waals surface area contributed by atoms with Crippen LogP contribution in [0.25, 0.3) is 0 Å². The quantitative estimate of drug-likeness (QED) is 0.0113. The van der Waals surface area contributed by atoms with Gasteiger partial charge in [0.2, 0.25) is 0 Å². The number of phosphoric ester groups is 1. The molecule has 0 saturated heterocycles. The zero-order valence-electron chi connectivity index (χ0n) is 36.8. The first-order chi connectivity index (χ1) is 27.4. The van der Waals surface area contributed by atoms with Crippen LogP contribution in [0, 0.1) is 0 Å². The van der Waals surface area contributed by atoms with Crippen molar-refractivity contribution in [1.29, 1.82) is 0 Å². The Balaban J connectivity index is 4.43. The van der Waals surface area contributed by atoms with E-state index >= 15 is 0 Å². The first-order valence-corrected chi connectivity index (χ1v) is 23.8. The molecule has 0 aromatic rings. The number of esters is 2. The molecule has 10 nitrogen and oxygen atoms in total. The summed E-state index contributed by atoms with van der Waals surface area (Å²) in [6.07, 6.45) is 39.7. The fourth-order valence-corrected chi connectivity index (χ4v) is 6.45. The summed E-state index contributed by atoms with van der Waals surface area (Å²) in [4.78, 5) is 49.3. The number of carbonyl (C=O) groups excluding carboxylic acids is 3. The Kier molecular flexibility index (Phi) is 36.3. The highest BCUT2D eigenvalue weighted by Crippen LogP contribution is 2.38. The molecule has 0 heterocycles. The molecule has 1 unspecified atom stereocenters. The number of likely N-dealkylation sites (N-methyl/N-ethyl adjacent to an activating group) is 1. The van der Waals surface area contributed by atoms with Crippen molar-refractivity contribution in [3.63, 3.8) is 0 Å². The molecule has 57 heavy (non-hydrogen) atoms. The highest BCUT2D eigenvalue weighted by molar-refractivity contribution is 7.45. The van der Waals surface area contributed by atoms with Crippen LogP contribution in [0.1, 0.15) is 174 Å². The van der Waals surface area contributed by atoms with Gasteiger partial charge in [-0.3, -0.25) is 18.9 Å². The number of carbonyl (C=O) groups is 3. The smallest absolute Gasteiger partial charge is 0.306 e. The molecule has 330 valence electrons. The summed E-state index contributed by atoms with van der Waals surface area (Å²) in [6.45, 7) is 3.98. The van der Waals surface area contributed by atoms with Gasteiger partial charge in [-0.15, -0.1) is 0 Å². The van der Waals surface area contributed by atoms with Gasteiger partial charge in [-0.1, -0.05) is 133 Å². The summed E-state index contributed by atoms with van der Waals surface area (Å²) in [7, 11) is 1.10. The predicted octanol–water partition coefficient (Wildman–Crippen LogP) is 11.2. The minimum Gasteiger partial charge on any atom is -0.756 e. The van der Waals surface area contributed by atoms with Crippen LogP contribution >= 0.6 is 7.82 Å². The van der Waals surface area contributed by atoms with Gasteiger partial charge in [0, 0.05) is 19.3 Å². The summed E-state index contributed by atoms with van der Waals surface area (Å²) in [5.74, 6) is -0.731. The molecule has 0 amide bonds. The maximum absolute atomic E-state index is 12.7. The number of hydrogen-bond donors (Lipinski definition) is 0. The summed E-state index contributed by atoms with van der Waals surface area (Å²) in [5, 5.41) is 0. The third-order valence-corrected chi connectivity index (χ3v) is 10.3. The largest absolute Gasteiger partial charge is 0.756 e. The Labute approximate surface area is 348 Å². The van der Waals surface area contributed by atoms with E-state index in [0.717, 1.165) is 83.5 Å². The van der Waals surface area contributed by atoms with Gasteiger partial charge in [0.25, 0.3) is 7.82 Å². The Morgan fingerprint density at radius 2 is 1.11 bits per heavy atom. The normalized spacial score (nSPS) is 13.9. The number of unbranched alkanes of at least 4 members (excludes halogenated alkanes) is 17. The lowest BCUT2D eigenvalue weighted by atomic mass is 10.1. The molecule has 0 spiro atoms. The van der Waals surface area contributed by atoms with Crippen LogP contribution in [0.4, 0.5) is 0 Å². The number of rotatable bonds is 40. The number of ketones is 1. The van der Waals surface area contributed by atoms with Crippen LogP contribution in [0.5, 0.6) is 0 Å². The van der Waals surface area contributed by atoms with E-state index in [0.29, 0.717) is 30.3 Å². The number of quaternary nitrogens is 1. The van der Waals surface area contributed by atoms with Crippen LogP contribution < -0.4 is 4.89 Å². The lowest BCUT2D eigenvalue weighted by Gasteiger charge is -2.28. The van der Waals surface area contributed by atoms with E-state index in [4.69, 9.17) is 18.5 Å². The molecule has 0 aliphatic carbocycles. The summed E-state index contributed by atoms with van der Waals surface area (Å²) >= 11 is 0. The van der Waals surface area contributed by atoms with Gasteiger partial charge in [-0.05, 0) is 70.3 Å². The molecule has 0 fully saturated rings. The Morgan fingerprint density at radius 3 is 1.70 bits per heavy atom. The van der Waals surface area contributed by atoms with Crippen LogP contribution in [0.2, 0.25) is 0 Å². The second-order valence-electron chi connectivity index (χ2n) is 16.1. The third kappa shape index (κ3) is 41.6. The zero-order chi connectivity index (χ0) is 42.3. The monoisotopic (exact) mass is 824 g/mol. The number of allylic oxidation sites excluding steroid dienone is 8. The van der Waals surface area contributed by atoms with E-state index in [2.05, 4.69) is 44.2 Å². The molecule has 2 atom stereocenters. The van der Waals surface area contributed by atoms with Crippen LogP contribution in [0.3, 0.4) is 0 Å². The van der Waals surface area contributed by atoms with Crippen LogP contribution in [-0.2, 0) is 37.5 Å². The van der Waals surface area contributed by atoms with E-state index in [1.807, 2.05) is 33.3 Å². The Bertz CT molecular complexity index is 1170. The zero-order valence-corrected chi connectivity index (χ0v) is 37.7. The molecule has 0 saturated carbocycles. The first kappa shape index (κ1) is 54.6. The lowest BCUT2D eigenvalue weighted by molar-refractivity contribution is -0.870. The van der Waals surface area contributed by atoms with E-state index < -0.39 is 32.5 Å². The van der Waals surface area contributed by atoms with Crippen molar-refractivity contribution < 1.29 is 46.8 Å². The van der Waals surface area contributed by atoms with Crippen molar-refractivity contribution in [2.24, 2.45) is 0 Å². The average molecular weight is 824 g/mol. The van der Waals surface area contributed by atoms with Crippen molar-refractivity contribution in [1.82, 2.24) is 0 Å². The Morgan fingerprint density at radius 1 is 0.596 bits per heavy atom. The molecule has 0 aliphatic rings. The van der Waals surface area contributed by atoms with E-state index in [1.165, 1.54) is 44.9 Å². The standard InChI is InChI=1S/C46H82NO9P/c1-6-8-10-11-12-13-14-15-16-17-18-19-20-23-27-30-34-38-46(50)56-44(42-55-57(51,52)54-40-39-47(3,4)5)41-53-45(49)37-33-29-26-24-21-22-25-28-32-36-43(48)35-31-9-7-2/h12-13,15-16,25,28,32,36,44H,6-11,14,17-24,26-27,29-31,33-35,37-42H2,1-5H3/b13-12-,16-15-,28-25-,36-32+/t44-/m1/s1. The number of phosphoric acid groups is 1. The topological polar surface area (TPSA) is 128 Å². The first-order valence-electron chi connectivity index (χ1n) is 22.3. The van der Waals surface area contributed by atoms with Crippen molar-refractivity contribution >= 4 is 25.5 Å². The minimum atomic E-state index is -4.65. The molecular formula is C46H82NO9P. The molecule has 0 bridgehead atoms. The molecule has 11 heteroatoms. The highest BCUT2D eigenvalue weighted by atomic mass is 31.2. The van der Waals surface area contributed by atoms with E-state index in [1.54, 1.807) is 6.08 Å². The predicted molar refractivity (Wildman–Crippen MR) is 232 cm³/mol. The molecular weight excluding hydrogens is 741 g/mol. The van der Waals surface area contributed by atoms with Gasteiger partial charge >= 0.3 is 11.9 Å². The van der Waals surface area contributed by atoms with Gasteiger partial charge in [0.1, 0.15) is 19.8 Å². The number of ether oxygens (including phenoxy) is 2. The molecule has 0 aliphatic heterocycles. The van der Waals surface area contributed by atoms with E-state index in [-0.39, 0.29) is 31.8 Å². The molecule has 0 rings (SSSR count). The van der Waals surface area contributed by atoms with Gasteiger partial charge in [0.05, 0.1) is 27.7 Å². The van der Waals surface area contributed by atoms with Gasteiger partial charge in [0.15, 0.2) is 11.9 Å². The van der Waals surface area contributed by atoms with Crippen molar-refractivity contribution in [2.45, 2.75) is 180 Å². The number of hydrogen-bond acceptors (Lipinski definition) is 9.